The van der Waals surface area contributed by atoms with Crippen LogP contribution in [-0.4, -0.2) is 73.1 Å². The summed E-state index contributed by atoms with van der Waals surface area (Å²) < 4.78 is 27.9. The molecule has 2 N–H and O–H groups in total. The molecule has 2 aliphatic carbocycles. The number of nitrogens with zero attached hydrogens (tertiary/aromatic N) is 3. The van der Waals surface area contributed by atoms with Gasteiger partial charge in [0.15, 0.2) is 0 Å². The first-order valence-electron chi connectivity index (χ1n) is 10.2. The molecule has 8 heteroatoms. The molecule has 0 atom stereocenters. The van der Waals surface area contributed by atoms with Gasteiger partial charge in [0.05, 0.1) is 11.0 Å². The third-order valence-electron chi connectivity index (χ3n) is 6.88. The van der Waals surface area contributed by atoms with E-state index < -0.39 is 16.1 Å². The van der Waals surface area contributed by atoms with Gasteiger partial charge in [0.1, 0.15) is 0 Å². The molecule has 0 unspecified atom stereocenters. The van der Waals surface area contributed by atoms with E-state index in [2.05, 4.69) is 29.3 Å². The second-order valence-corrected chi connectivity index (χ2v) is 10.6. The van der Waals surface area contributed by atoms with E-state index in [0.29, 0.717) is 18.2 Å². The Labute approximate surface area is 172 Å². The molecule has 2 fully saturated rings. The van der Waals surface area contributed by atoms with E-state index in [1.807, 2.05) is 6.07 Å². The summed E-state index contributed by atoms with van der Waals surface area (Å²) in [5.74, 6) is 0. The zero-order valence-electron chi connectivity index (χ0n) is 17.3. The van der Waals surface area contributed by atoms with Crippen LogP contribution in [-0.2, 0) is 10.0 Å². The van der Waals surface area contributed by atoms with Gasteiger partial charge in [0.25, 0.3) is 0 Å². The Morgan fingerprint density at radius 1 is 1.17 bits per heavy atom. The maximum absolute atomic E-state index is 13.3. The SMILES string of the molecule is CN(C)C1(CNc2ccc(S(=O)(=O)N(C)C3CC(O)C3)c3ccncc23)CCC1. The van der Waals surface area contributed by atoms with E-state index in [4.69, 9.17) is 0 Å². The van der Waals surface area contributed by atoms with E-state index >= 15 is 0 Å². The molecule has 0 spiro atoms. The van der Waals surface area contributed by atoms with Crippen LogP contribution in [0.2, 0.25) is 0 Å². The van der Waals surface area contributed by atoms with Gasteiger partial charge in [0.2, 0.25) is 10.0 Å². The van der Waals surface area contributed by atoms with Crippen LogP contribution in [0.4, 0.5) is 5.69 Å². The molecule has 0 bridgehead atoms. The van der Waals surface area contributed by atoms with E-state index in [1.165, 1.54) is 10.7 Å². The van der Waals surface area contributed by atoms with Crippen LogP contribution in [0.3, 0.4) is 0 Å². The van der Waals surface area contributed by atoms with Crippen molar-refractivity contribution in [3.05, 3.63) is 30.6 Å². The lowest BCUT2D eigenvalue weighted by Gasteiger charge is -2.47. The van der Waals surface area contributed by atoms with E-state index in [9.17, 15) is 13.5 Å². The number of rotatable bonds is 7. The number of pyridine rings is 1. The molecule has 0 radical (unpaired) electrons. The molecule has 0 saturated heterocycles. The number of anilines is 1. The molecule has 1 heterocycles. The maximum Gasteiger partial charge on any atom is 0.243 e. The van der Waals surface area contributed by atoms with Gasteiger partial charge in [-0.15, -0.1) is 0 Å². The zero-order chi connectivity index (χ0) is 20.8. The second-order valence-electron chi connectivity index (χ2n) is 8.66. The normalized spacial score (nSPS) is 23.8. The Morgan fingerprint density at radius 2 is 1.90 bits per heavy atom. The molecule has 2 aliphatic rings. The smallest absolute Gasteiger partial charge is 0.243 e. The number of sulfonamides is 1. The number of benzene rings is 1. The molecule has 29 heavy (non-hydrogen) atoms. The van der Waals surface area contributed by atoms with Gasteiger partial charge >= 0.3 is 0 Å². The van der Waals surface area contributed by atoms with Crippen LogP contribution in [0.25, 0.3) is 10.8 Å². The van der Waals surface area contributed by atoms with Crippen molar-refractivity contribution in [3.63, 3.8) is 0 Å². The summed E-state index contributed by atoms with van der Waals surface area (Å²) in [5, 5.41) is 14.6. The van der Waals surface area contributed by atoms with Gasteiger partial charge < -0.3 is 15.3 Å². The number of hydrogen-bond donors (Lipinski definition) is 2. The number of likely N-dealkylation sites (N-methyl/N-ethyl adjacent to an activating group) is 1. The van der Waals surface area contributed by atoms with Gasteiger partial charge in [-0.25, -0.2) is 8.42 Å². The third-order valence-corrected chi connectivity index (χ3v) is 8.85. The fourth-order valence-corrected chi connectivity index (χ4v) is 5.95. The molecule has 0 aliphatic heterocycles. The average molecular weight is 419 g/mol. The highest BCUT2D eigenvalue weighted by Crippen LogP contribution is 2.38. The van der Waals surface area contributed by atoms with Crippen molar-refractivity contribution in [2.75, 3.05) is 33.0 Å². The predicted octanol–water partition coefficient (Wildman–Crippen LogP) is 2.27. The molecule has 2 aromatic rings. The largest absolute Gasteiger partial charge is 0.393 e. The maximum atomic E-state index is 13.3. The standard InChI is InChI=1S/C21H30N4O3S/c1-24(2)21(8-4-9-21)14-23-19-5-6-20(17-7-10-22-13-18(17)19)29(27,28)25(3)15-11-16(26)12-15/h5-7,10,13,15-16,23,26H,4,8-9,11-12,14H2,1-3H3. The number of hydrogen-bond acceptors (Lipinski definition) is 6. The summed E-state index contributed by atoms with van der Waals surface area (Å²) >= 11 is 0. The van der Waals surface area contributed by atoms with Gasteiger partial charge in [-0.3, -0.25) is 4.98 Å². The molecule has 1 aromatic heterocycles. The van der Waals surface area contributed by atoms with Crippen LogP contribution >= 0.6 is 0 Å². The fraction of sp³-hybridized carbons (Fsp3) is 0.571. The Hall–Kier alpha value is -1.74. The van der Waals surface area contributed by atoms with E-state index in [0.717, 1.165) is 30.5 Å². The third kappa shape index (κ3) is 3.52. The van der Waals surface area contributed by atoms with Crippen molar-refractivity contribution in [3.8, 4) is 0 Å². The van der Waals surface area contributed by atoms with Crippen molar-refractivity contribution in [2.24, 2.45) is 0 Å². The highest BCUT2D eigenvalue weighted by molar-refractivity contribution is 7.89. The number of fused-ring (bicyclic) bond motifs is 1. The molecule has 7 nitrogen and oxygen atoms in total. The van der Waals surface area contributed by atoms with E-state index in [1.54, 1.807) is 31.6 Å². The number of aliphatic hydroxyl groups is 1. The quantitative estimate of drug-likeness (QED) is 0.718. The van der Waals surface area contributed by atoms with Gasteiger partial charge in [0, 0.05) is 54.0 Å². The Morgan fingerprint density at radius 3 is 2.48 bits per heavy atom. The number of nitrogens with one attached hydrogen (secondary N) is 1. The first kappa shape index (κ1) is 20.5. The minimum absolute atomic E-state index is 0.150. The van der Waals surface area contributed by atoms with Gasteiger partial charge in [-0.05, 0) is 64.4 Å². The van der Waals surface area contributed by atoms with E-state index in [-0.39, 0.29) is 16.5 Å². The Bertz CT molecular complexity index is 998. The molecule has 4 rings (SSSR count). The van der Waals surface area contributed by atoms with Gasteiger partial charge in [-0.2, -0.15) is 4.31 Å². The lowest BCUT2D eigenvalue weighted by Crippen LogP contribution is -2.54. The van der Waals surface area contributed by atoms with Crippen molar-refractivity contribution in [1.29, 1.82) is 0 Å². The molecular formula is C21H30N4O3S. The lowest BCUT2D eigenvalue weighted by molar-refractivity contribution is 0.0396. The molecular weight excluding hydrogens is 388 g/mol. The summed E-state index contributed by atoms with van der Waals surface area (Å²) in [4.78, 5) is 6.81. The number of aliphatic hydroxyl groups excluding tert-OH is 1. The summed E-state index contributed by atoms with van der Waals surface area (Å²) in [6.07, 6.45) is 7.49. The monoisotopic (exact) mass is 418 g/mol. The van der Waals surface area contributed by atoms with Crippen molar-refractivity contribution >= 4 is 26.5 Å². The van der Waals surface area contributed by atoms with Crippen LogP contribution in [0, 0.1) is 0 Å². The lowest BCUT2D eigenvalue weighted by atomic mass is 9.75. The molecule has 158 valence electrons. The van der Waals surface area contributed by atoms with Crippen molar-refractivity contribution < 1.29 is 13.5 Å². The van der Waals surface area contributed by atoms with Crippen LogP contribution in [0.1, 0.15) is 32.1 Å². The Kier molecular flexibility index (Phi) is 5.31. The van der Waals surface area contributed by atoms with Crippen LogP contribution in [0.5, 0.6) is 0 Å². The summed E-state index contributed by atoms with van der Waals surface area (Å²) in [6.45, 7) is 0.815. The first-order chi connectivity index (χ1) is 13.7. The topological polar surface area (TPSA) is 85.8 Å². The highest BCUT2D eigenvalue weighted by Gasteiger charge is 2.39. The molecule has 1 aromatic carbocycles. The average Bonchev–Trinajstić information content (AvgIpc) is 2.63. The van der Waals surface area contributed by atoms with Crippen molar-refractivity contribution in [2.45, 2.75) is 54.7 Å². The molecule has 2 saturated carbocycles. The summed E-state index contributed by atoms with van der Waals surface area (Å²) in [6, 6.07) is 5.15. The molecule has 0 amide bonds. The summed E-state index contributed by atoms with van der Waals surface area (Å²) in [5.41, 5.74) is 1.06. The highest BCUT2D eigenvalue weighted by atomic mass is 32.2. The minimum atomic E-state index is -3.66. The van der Waals surface area contributed by atoms with Crippen LogP contribution in [0.15, 0.2) is 35.5 Å². The predicted molar refractivity (Wildman–Crippen MR) is 114 cm³/mol. The zero-order valence-corrected chi connectivity index (χ0v) is 18.1. The van der Waals surface area contributed by atoms with Crippen molar-refractivity contribution in [1.82, 2.24) is 14.2 Å². The van der Waals surface area contributed by atoms with Crippen LogP contribution < -0.4 is 5.32 Å². The first-order valence-corrected chi connectivity index (χ1v) is 11.6. The fourth-order valence-electron chi connectivity index (χ4n) is 4.38. The van der Waals surface area contributed by atoms with Gasteiger partial charge in [-0.1, -0.05) is 0 Å². The summed E-state index contributed by atoms with van der Waals surface area (Å²) in [7, 11) is 2.17. The second kappa shape index (κ2) is 7.50. The minimum Gasteiger partial charge on any atom is -0.393 e. The Balaban J connectivity index is 1.65. The number of aromatic nitrogens is 1.